The highest BCUT2D eigenvalue weighted by atomic mass is 19.1. The van der Waals surface area contributed by atoms with Gasteiger partial charge in [0.2, 0.25) is 23.7 Å². The van der Waals surface area contributed by atoms with Crippen LogP contribution in [0.3, 0.4) is 0 Å². The minimum Gasteiger partial charge on any atom is -0.487 e. The molecule has 5 aliphatic rings. The summed E-state index contributed by atoms with van der Waals surface area (Å²) in [5.74, 6) is 0.747. The number of carbonyl (C=O) groups is 2. The van der Waals surface area contributed by atoms with Crippen LogP contribution in [-0.2, 0) is 32.2 Å². The topological polar surface area (TPSA) is 174 Å². The second kappa shape index (κ2) is 17.6. The number of carbonyl (C=O) groups excluding carboxylic acids is 2. The lowest BCUT2D eigenvalue weighted by Gasteiger charge is -2.49. The number of rotatable bonds is 9. The molecule has 0 unspecified atom stereocenters. The molecule has 360 valence electrons. The van der Waals surface area contributed by atoms with E-state index in [-0.39, 0.29) is 67.9 Å². The summed E-state index contributed by atoms with van der Waals surface area (Å²) in [6, 6.07) is 16.6. The van der Waals surface area contributed by atoms with Crippen LogP contribution in [0, 0.1) is 18.6 Å². The number of likely N-dealkylation sites (N-methyl/N-ethyl adjacent to an activating group) is 1. The highest BCUT2D eigenvalue weighted by Gasteiger charge is 2.50. The third-order valence-electron chi connectivity index (χ3n) is 14.1. The second-order valence-electron chi connectivity index (χ2n) is 18.8. The summed E-state index contributed by atoms with van der Waals surface area (Å²) in [7, 11) is 1.77. The molecule has 1 N–H and O–H groups in total. The lowest BCUT2D eigenvalue weighted by molar-refractivity contribution is -0.141. The Hall–Kier alpha value is -7.32. The van der Waals surface area contributed by atoms with E-state index >= 15 is 13.6 Å². The molecular formula is C50H51F2N13O5. The fourth-order valence-electron chi connectivity index (χ4n) is 10.7. The number of anilines is 3. The van der Waals surface area contributed by atoms with Crippen molar-refractivity contribution in [2.24, 2.45) is 0 Å². The van der Waals surface area contributed by atoms with E-state index in [2.05, 4.69) is 10.3 Å². The van der Waals surface area contributed by atoms with Crippen molar-refractivity contribution in [2.45, 2.75) is 82.6 Å². The number of nitrogens with zero attached hydrogens (tertiary/aromatic N) is 12. The molecule has 1 saturated carbocycles. The minimum atomic E-state index is -0.771. The van der Waals surface area contributed by atoms with Crippen molar-refractivity contribution < 1.29 is 32.6 Å². The lowest BCUT2D eigenvalue weighted by Crippen LogP contribution is -2.68. The average molecular weight is 952 g/mol. The smallest absolute Gasteiger partial charge is 0.248 e. The largest absolute Gasteiger partial charge is 0.487 e. The first kappa shape index (κ1) is 43.9. The van der Waals surface area contributed by atoms with Crippen LogP contribution in [0.1, 0.15) is 37.6 Å². The fourth-order valence-corrected chi connectivity index (χ4v) is 10.7. The Morgan fingerprint density at radius 1 is 0.857 bits per heavy atom. The number of hydrogen-bond acceptors (Lipinski definition) is 14. The van der Waals surface area contributed by atoms with E-state index in [0.717, 1.165) is 18.4 Å². The van der Waals surface area contributed by atoms with Crippen LogP contribution in [0.5, 0.6) is 5.75 Å². The van der Waals surface area contributed by atoms with Gasteiger partial charge in [-0.1, -0.05) is 30.3 Å². The highest BCUT2D eigenvalue weighted by molar-refractivity contribution is 5.95. The van der Waals surface area contributed by atoms with Gasteiger partial charge in [0, 0.05) is 69.3 Å². The summed E-state index contributed by atoms with van der Waals surface area (Å²) >= 11 is 0. The molecule has 6 bridgehead atoms. The van der Waals surface area contributed by atoms with Gasteiger partial charge in [-0.15, -0.1) is 0 Å². The molecule has 4 fully saturated rings. The van der Waals surface area contributed by atoms with E-state index in [1.54, 1.807) is 41.2 Å². The maximum Gasteiger partial charge on any atom is 0.248 e. The van der Waals surface area contributed by atoms with E-state index in [9.17, 15) is 4.79 Å². The number of morpholine rings is 1. The van der Waals surface area contributed by atoms with Gasteiger partial charge in [-0.2, -0.15) is 15.1 Å². The number of amides is 2. The Bertz CT molecular complexity index is 3170. The zero-order valence-electron chi connectivity index (χ0n) is 38.9. The van der Waals surface area contributed by atoms with Gasteiger partial charge in [-0.3, -0.25) is 9.59 Å². The Morgan fingerprint density at radius 3 is 2.54 bits per heavy atom. The number of aromatic nitrogens is 8. The first-order valence-electron chi connectivity index (χ1n) is 23.9. The van der Waals surface area contributed by atoms with E-state index in [1.165, 1.54) is 24.3 Å². The monoisotopic (exact) mass is 951 g/mol. The lowest BCUT2D eigenvalue weighted by atomic mass is 10.0. The molecule has 0 radical (unpaired) electrons. The molecule has 4 aliphatic heterocycles. The van der Waals surface area contributed by atoms with E-state index in [1.807, 2.05) is 63.4 Å². The zero-order chi connectivity index (χ0) is 47.8. The van der Waals surface area contributed by atoms with Gasteiger partial charge in [0.1, 0.15) is 53.4 Å². The van der Waals surface area contributed by atoms with Gasteiger partial charge in [0.15, 0.2) is 5.65 Å². The predicted octanol–water partition coefficient (Wildman–Crippen LogP) is 5.30. The molecule has 18 nitrogen and oxygen atoms in total. The molecule has 0 spiro atoms. The standard InChI is InChI=1S/C50H51F2N13O5/c1-4-69-35-23-60(3)47(66)41-19-32(56-49-53-15-14-38(57-49)36-16-31(52)17-39-44(36)61(24-35)28(2)55-39)21-63(41)45-37-20-54-65(40-13-10-30(51)18-43(40)70-25-29-8-6-5-7-9-29)46(37)59-50(58-45)64-34-22-62(33-11-12-33)48(67)42(64)27-68-26-34/h5-10,13-18,20,32-35,41-42H,4,11-12,19,21-27H2,1-3H3,(H,53,56,57)/t32-,34+,35-,41-,42+/m0/s1. The summed E-state index contributed by atoms with van der Waals surface area (Å²) in [6.07, 6.45) is 5.08. The maximum atomic E-state index is 15.3. The third-order valence-corrected chi connectivity index (χ3v) is 14.1. The van der Waals surface area contributed by atoms with Crippen molar-refractivity contribution in [3.63, 3.8) is 0 Å². The molecule has 2 amide bonds. The quantitative estimate of drug-likeness (QED) is 0.197. The number of fused-ring (bicyclic) bond motifs is 8. The van der Waals surface area contributed by atoms with E-state index in [0.29, 0.717) is 89.3 Å². The third kappa shape index (κ3) is 7.87. The van der Waals surface area contributed by atoms with Crippen molar-refractivity contribution in [1.82, 2.24) is 49.1 Å². The number of aryl methyl sites for hydroxylation is 1. The van der Waals surface area contributed by atoms with Gasteiger partial charge in [-0.25, -0.2) is 28.4 Å². The van der Waals surface area contributed by atoms with Crippen LogP contribution in [0.15, 0.2) is 79.1 Å². The van der Waals surface area contributed by atoms with Crippen molar-refractivity contribution >= 4 is 51.6 Å². The number of piperazine rings is 1. The molecule has 5 atom stereocenters. The van der Waals surface area contributed by atoms with E-state index < -0.39 is 29.8 Å². The molecule has 3 aromatic carbocycles. The molecule has 12 rings (SSSR count). The predicted molar refractivity (Wildman–Crippen MR) is 255 cm³/mol. The molecule has 4 aromatic heterocycles. The number of halogens is 2. The van der Waals surface area contributed by atoms with Gasteiger partial charge < -0.3 is 43.7 Å². The minimum absolute atomic E-state index is 0.0383. The molecular weight excluding hydrogens is 901 g/mol. The molecule has 8 heterocycles. The van der Waals surface area contributed by atoms with Crippen LogP contribution in [0.4, 0.5) is 26.5 Å². The van der Waals surface area contributed by atoms with Gasteiger partial charge in [0.25, 0.3) is 0 Å². The molecule has 20 heteroatoms. The number of ether oxygens (including phenoxy) is 3. The van der Waals surface area contributed by atoms with Crippen LogP contribution in [0.2, 0.25) is 0 Å². The van der Waals surface area contributed by atoms with Crippen molar-refractivity contribution in [1.29, 1.82) is 0 Å². The first-order valence-corrected chi connectivity index (χ1v) is 23.9. The summed E-state index contributed by atoms with van der Waals surface area (Å²) in [6.45, 7) is 6.14. The van der Waals surface area contributed by atoms with Crippen LogP contribution in [-0.4, -0.2) is 144 Å². The van der Waals surface area contributed by atoms with Crippen molar-refractivity contribution in [3.05, 3.63) is 102 Å². The Balaban J connectivity index is 0.991. The molecule has 3 saturated heterocycles. The number of hydrogen-bond donors (Lipinski definition) is 1. The molecule has 7 aromatic rings. The van der Waals surface area contributed by atoms with E-state index in [4.69, 9.17) is 39.2 Å². The first-order chi connectivity index (χ1) is 34.1. The normalized spacial score (nSPS) is 22.7. The SMILES string of the molecule is CCO[C@H]1CN(C)C(=O)[C@@H]2C[C@@H](CN2c2nc(N3[C@H]4COC[C@@H]3C(=O)N(C3CC3)C4)nc3c2cnn3-c2ccc(F)cc2OCc2ccccc2)Nc2nccc(n2)-c2cc(F)cc3nc(C)n(c23)C1. The maximum absolute atomic E-state index is 15.3. The molecule has 70 heavy (non-hydrogen) atoms. The van der Waals surface area contributed by atoms with Gasteiger partial charge in [0.05, 0.1) is 60.2 Å². The summed E-state index contributed by atoms with van der Waals surface area (Å²) < 4.78 is 52.7. The zero-order valence-corrected chi connectivity index (χ0v) is 38.9. The number of benzene rings is 3. The fraction of sp³-hybridized carbons (Fsp3) is 0.400. The van der Waals surface area contributed by atoms with Crippen LogP contribution >= 0.6 is 0 Å². The number of imidazole rings is 1. The van der Waals surface area contributed by atoms with Crippen LogP contribution < -0.4 is 19.9 Å². The summed E-state index contributed by atoms with van der Waals surface area (Å²) in [5.41, 5.74) is 3.93. The number of nitrogens with one attached hydrogen (secondary N) is 1. The van der Waals surface area contributed by atoms with Crippen LogP contribution in [0.25, 0.3) is 39.0 Å². The average Bonchev–Trinajstić information content (AvgIpc) is 3.86. The van der Waals surface area contributed by atoms with Gasteiger partial charge in [-0.05, 0) is 62.9 Å². The Kier molecular flexibility index (Phi) is 11.0. The van der Waals surface area contributed by atoms with Crippen molar-refractivity contribution in [3.8, 4) is 22.7 Å². The molecule has 1 aliphatic carbocycles. The Labute approximate surface area is 401 Å². The Morgan fingerprint density at radius 2 is 1.71 bits per heavy atom. The van der Waals surface area contributed by atoms with Gasteiger partial charge >= 0.3 is 0 Å². The summed E-state index contributed by atoms with van der Waals surface area (Å²) in [4.78, 5) is 61.9. The highest BCUT2D eigenvalue weighted by Crippen LogP contribution is 2.40. The van der Waals surface area contributed by atoms with Crippen molar-refractivity contribution in [2.75, 3.05) is 61.6 Å². The summed E-state index contributed by atoms with van der Waals surface area (Å²) in [5, 5.41) is 8.90. The second-order valence-corrected chi connectivity index (χ2v) is 18.8.